The van der Waals surface area contributed by atoms with Gasteiger partial charge in [-0.3, -0.25) is 9.78 Å². The molecule has 0 fully saturated rings. The summed E-state index contributed by atoms with van der Waals surface area (Å²) < 4.78 is 9.96. The highest BCUT2D eigenvalue weighted by Gasteiger charge is 2.16. The monoisotopic (exact) mass is 253 g/mol. The summed E-state index contributed by atoms with van der Waals surface area (Å²) in [5.74, 6) is 0.678. The van der Waals surface area contributed by atoms with Crippen molar-refractivity contribution in [2.24, 2.45) is 5.92 Å². The summed E-state index contributed by atoms with van der Waals surface area (Å²) in [7, 11) is 3.23. The van der Waals surface area contributed by atoms with Crippen molar-refractivity contribution in [3.8, 4) is 5.88 Å². The van der Waals surface area contributed by atoms with Gasteiger partial charge in [0.15, 0.2) is 5.82 Å². The molecule has 0 radical (unpaired) electrons. The van der Waals surface area contributed by atoms with Crippen LogP contribution in [-0.2, 0) is 9.53 Å². The van der Waals surface area contributed by atoms with Crippen molar-refractivity contribution < 1.29 is 14.3 Å². The summed E-state index contributed by atoms with van der Waals surface area (Å²) in [5.41, 5.74) is 0. The third kappa shape index (κ3) is 3.87. The zero-order valence-corrected chi connectivity index (χ0v) is 11.2. The SMILES string of the molecule is CCOc1cncc(N(C)CC(C)C(=O)OC)n1. The fourth-order valence-corrected chi connectivity index (χ4v) is 1.52. The summed E-state index contributed by atoms with van der Waals surface area (Å²) in [6.07, 6.45) is 3.19. The Morgan fingerprint density at radius 1 is 1.50 bits per heavy atom. The van der Waals surface area contributed by atoms with Crippen LogP contribution in [0.1, 0.15) is 13.8 Å². The molecule has 6 heteroatoms. The fraction of sp³-hybridized carbons (Fsp3) is 0.583. The number of carbonyl (C=O) groups is 1. The number of esters is 1. The molecule has 100 valence electrons. The van der Waals surface area contributed by atoms with Crippen molar-refractivity contribution in [3.05, 3.63) is 12.4 Å². The molecule has 0 saturated heterocycles. The predicted octanol–water partition coefficient (Wildman–Crippen LogP) is 1.12. The van der Waals surface area contributed by atoms with Gasteiger partial charge in [0.05, 0.1) is 32.0 Å². The van der Waals surface area contributed by atoms with Crippen LogP contribution >= 0.6 is 0 Å². The molecule has 0 aliphatic rings. The molecule has 1 rings (SSSR count). The van der Waals surface area contributed by atoms with Crippen molar-refractivity contribution in [2.75, 3.05) is 32.2 Å². The lowest BCUT2D eigenvalue weighted by Gasteiger charge is -2.21. The number of hydrogen-bond acceptors (Lipinski definition) is 6. The third-order valence-corrected chi connectivity index (χ3v) is 2.43. The van der Waals surface area contributed by atoms with E-state index in [9.17, 15) is 4.79 Å². The van der Waals surface area contributed by atoms with Crippen molar-refractivity contribution in [2.45, 2.75) is 13.8 Å². The second-order valence-corrected chi connectivity index (χ2v) is 3.95. The van der Waals surface area contributed by atoms with Crippen molar-refractivity contribution in [1.29, 1.82) is 0 Å². The Morgan fingerprint density at radius 3 is 2.83 bits per heavy atom. The summed E-state index contributed by atoms with van der Waals surface area (Å²) in [4.78, 5) is 21.5. The second kappa shape index (κ2) is 6.78. The van der Waals surface area contributed by atoms with Gasteiger partial charge in [0, 0.05) is 13.6 Å². The average Bonchev–Trinajstić information content (AvgIpc) is 2.38. The molecule has 0 spiro atoms. The van der Waals surface area contributed by atoms with E-state index in [1.807, 2.05) is 25.8 Å². The minimum absolute atomic E-state index is 0.224. The van der Waals surface area contributed by atoms with Gasteiger partial charge in [0.1, 0.15) is 0 Å². The first-order valence-electron chi connectivity index (χ1n) is 5.82. The quantitative estimate of drug-likeness (QED) is 0.708. The molecule has 1 aromatic rings. The van der Waals surface area contributed by atoms with E-state index in [2.05, 4.69) is 14.7 Å². The highest BCUT2D eigenvalue weighted by atomic mass is 16.5. The number of carbonyl (C=O) groups excluding carboxylic acids is 1. The normalized spacial score (nSPS) is 11.8. The van der Waals surface area contributed by atoms with Gasteiger partial charge in [-0.15, -0.1) is 0 Å². The number of nitrogens with zero attached hydrogens (tertiary/aromatic N) is 3. The van der Waals surface area contributed by atoms with E-state index in [0.717, 1.165) is 0 Å². The molecule has 6 nitrogen and oxygen atoms in total. The first-order chi connectivity index (χ1) is 8.58. The van der Waals surface area contributed by atoms with Crippen LogP contribution in [0.2, 0.25) is 0 Å². The molecule has 0 N–H and O–H groups in total. The zero-order chi connectivity index (χ0) is 13.5. The Labute approximate surface area is 107 Å². The lowest BCUT2D eigenvalue weighted by Crippen LogP contribution is -2.29. The van der Waals surface area contributed by atoms with Gasteiger partial charge in [0.2, 0.25) is 5.88 Å². The number of anilines is 1. The maximum Gasteiger partial charge on any atom is 0.310 e. The van der Waals surface area contributed by atoms with Crippen LogP contribution in [0, 0.1) is 5.92 Å². The highest BCUT2D eigenvalue weighted by molar-refractivity contribution is 5.72. The second-order valence-electron chi connectivity index (χ2n) is 3.95. The molecule has 1 unspecified atom stereocenters. The van der Waals surface area contributed by atoms with Crippen LogP contribution in [0.4, 0.5) is 5.82 Å². The van der Waals surface area contributed by atoms with Crippen LogP contribution in [-0.4, -0.2) is 43.2 Å². The fourth-order valence-electron chi connectivity index (χ4n) is 1.52. The van der Waals surface area contributed by atoms with Crippen LogP contribution in [0.5, 0.6) is 5.88 Å². The van der Waals surface area contributed by atoms with Crippen LogP contribution < -0.4 is 9.64 Å². The minimum atomic E-state index is -0.240. The lowest BCUT2D eigenvalue weighted by molar-refractivity contribution is -0.144. The van der Waals surface area contributed by atoms with Gasteiger partial charge in [-0.2, -0.15) is 4.98 Å². The van der Waals surface area contributed by atoms with E-state index in [0.29, 0.717) is 24.8 Å². The first-order valence-corrected chi connectivity index (χ1v) is 5.82. The maximum atomic E-state index is 11.3. The van der Waals surface area contributed by atoms with E-state index in [1.165, 1.54) is 7.11 Å². The summed E-state index contributed by atoms with van der Waals surface area (Å²) in [5, 5.41) is 0. The van der Waals surface area contributed by atoms with Gasteiger partial charge >= 0.3 is 5.97 Å². The Kier molecular flexibility index (Phi) is 5.35. The molecule has 0 aromatic carbocycles. The molecule has 1 aromatic heterocycles. The molecule has 0 aliphatic carbocycles. The molecule has 18 heavy (non-hydrogen) atoms. The van der Waals surface area contributed by atoms with Crippen molar-refractivity contribution >= 4 is 11.8 Å². The number of rotatable bonds is 6. The molecule has 0 aliphatic heterocycles. The van der Waals surface area contributed by atoms with Crippen molar-refractivity contribution in [1.82, 2.24) is 9.97 Å². The maximum absolute atomic E-state index is 11.3. The predicted molar refractivity (Wildman–Crippen MR) is 67.7 cm³/mol. The van der Waals surface area contributed by atoms with Crippen LogP contribution in [0.25, 0.3) is 0 Å². The van der Waals surface area contributed by atoms with Crippen molar-refractivity contribution in [3.63, 3.8) is 0 Å². The van der Waals surface area contributed by atoms with Gasteiger partial charge in [-0.25, -0.2) is 0 Å². The van der Waals surface area contributed by atoms with E-state index >= 15 is 0 Å². The summed E-state index contributed by atoms with van der Waals surface area (Å²) >= 11 is 0. The molecule has 1 atom stereocenters. The topological polar surface area (TPSA) is 64.5 Å². The standard InChI is InChI=1S/C12H19N3O3/c1-5-18-11-7-13-6-10(14-11)15(3)8-9(2)12(16)17-4/h6-7,9H,5,8H2,1-4H3. The summed E-state index contributed by atoms with van der Waals surface area (Å²) in [6.45, 7) is 4.75. The molecule has 0 bridgehead atoms. The van der Waals surface area contributed by atoms with Gasteiger partial charge in [-0.1, -0.05) is 6.92 Å². The number of aromatic nitrogens is 2. The zero-order valence-electron chi connectivity index (χ0n) is 11.2. The third-order valence-electron chi connectivity index (χ3n) is 2.43. The largest absolute Gasteiger partial charge is 0.477 e. The molecule has 0 saturated carbocycles. The van der Waals surface area contributed by atoms with Gasteiger partial charge in [0.25, 0.3) is 0 Å². The summed E-state index contributed by atoms with van der Waals surface area (Å²) in [6, 6.07) is 0. The van der Waals surface area contributed by atoms with E-state index in [4.69, 9.17) is 4.74 Å². The molecular formula is C12H19N3O3. The minimum Gasteiger partial charge on any atom is -0.477 e. The Morgan fingerprint density at radius 2 is 2.22 bits per heavy atom. The van der Waals surface area contributed by atoms with Gasteiger partial charge in [-0.05, 0) is 6.92 Å². The Hall–Kier alpha value is -1.85. The smallest absolute Gasteiger partial charge is 0.310 e. The van der Waals surface area contributed by atoms with E-state index < -0.39 is 0 Å². The van der Waals surface area contributed by atoms with Crippen LogP contribution in [0.15, 0.2) is 12.4 Å². The van der Waals surface area contributed by atoms with E-state index in [-0.39, 0.29) is 11.9 Å². The number of hydrogen-bond donors (Lipinski definition) is 0. The first kappa shape index (κ1) is 14.2. The highest BCUT2D eigenvalue weighted by Crippen LogP contribution is 2.14. The van der Waals surface area contributed by atoms with E-state index in [1.54, 1.807) is 12.4 Å². The average molecular weight is 253 g/mol. The number of ether oxygens (including phenoxy) is 2. The number of methoxy groups -OCH3 is 1. The Balaban J connectivity index is 2.68. The molecular weight excluding hydrogens is 234 g/mol. The lowest BCUT2D eigenvalue weighted by atomic mass is 10.2. The van der Waals surface area contributed by atoms with Crippen LogP contribution in [0.3, 0.4) is 0 Å². The Bertz CT molecular complexity index is 398. The van der Waals surface area contributed by atoms with Gasteiger partial charge < -0.3 is 14.4 Å². The molecule has 1 heterocycles. The molecule has 0 amide bonds.